The maximum absolute atomic E-state index is 14.9. The molecule has 0 N–H and O–H groups in total. The molecule has 38 heavy (non-hydrogen) atoms. The van der Waals surface area contributed by atoms with Crippen molar-refractivity contribution >= 4 is 35.0 Å². The molecule has 2 aliphatic heterocycles. The lowest BCUT2D eigenvalue weighted by molar-refractivity contribution is 0.0150. The molecule has 1 amide bonds. The van der Waals surface area contributed by atoms with Crippen LogP contribution in [0.4, 0.5) is 20.7 Å². The highest BCUT2D eigenvalue weighted by molar-refractivity contribution is 6.30. The fourth-order valence-corrected chi connectivity index (χ4v) is 5.02. The number of fused-ring (bicyclic) bond motifs is 1. The third-order valence-corrected chi connectivity index (χ3v) is 6.89. The number of rotatable bonds is 3. The second kappa shape index (κ2) is 10.5. The summed E-state index contributed by atoms with van der Waals surface area (Å²) in [5.41, 5.74) is 2.74. The van der Waals surface area contributed by atoms with E-state index in [4.69, 9.17) is 21.3 Å². The smallest absolute Gasteiger partial charge is 0.410 e. The summed E-state index contributed by atoms with van der Waals surface area (Å²) in [7, 11) is 0. The molecule has 2 aromatic rings. The van der Waals surface area contributed by atoms with Gasteiger partial charge < -0.3 is 19.4 Å². The molecule has 4 rings (SSSR count). The van der Waals surface area contributed by atoms with E-state index in [-0.39, 0.29) is 29.4 Å². The Bertz CT molecular complexity index is 1270. The molecular formula is C28H36ClFN6O2. The standard InChI is InChI=1S/C28H36ClFN6O2/c1-9-19-15-34(27(37)38-28(6,7)8)12-13-35(19)25-20-14-21(30)24(29)33-26(20)36(18(5)32-25)23-17(4)10-11-31-22(23)16(2)3/h9-11,14,16,18-19H,1,12-13,15H2,2-8H3. The predicted octanol–water partition coefficient (Wildman–Crippen LogP) is 6.05. The maximum atomic E-state index is 14.9. The van der Waals surface area contributed by atoms with E-state index in [0.717, 1.165) is 16.9 Å². The number of anilines is 2. The summed E-state index contributed by atoms with van der Waals surface area (Å²) in [5.74, 6) is 0.632. The van der Waals surface area contributed by atoms with Gasteiger partial charge in [0.05, 0.1) is 23.0 Å². The Labute approximate surface area is 229 Å². The lowest BCUT2D eigenvalue weighted by Crippen LogP contribution is -2.57. The van der Waals surface area contributed by atoms with Crippen LogP contribution in [0.15, 0.2) is 36.0 Å². The number of aliphatic imine (C=N–C) groups is 1. The fraction of sp³-hybridized carbons (Fsp3) is 0.500. The highest BCUT2D eigenvalue weighted by Crippen LogP contribution is 2.41. The first kappa shape index (κ1) is 27.8. The Morgan fingerprint density at radius 3 is 2.66 bits per heavy atom. The van der Waals surface area contributed by atoms with Crippen LogP contribution >= 0.6 is 11.6 Å². The Balaban J connectivity index is 1.77. The molecule has 2 aromatic heterocycles. The zero-order chi connectivity index (χ0) is 27.9. The van der Waals surface area contributed by atoms with Crippen molar-refractivity contribution in [3.8, 4) is 0 Å². The van der Waals surface area contributed by atoms with Crippen molar-refractivity contribution < 1.29 is 13.9 Å². The summed E-state index contributed by atoms with van der Waals surface area (Å²) in [6.07, 6.45) is 2.82. The lowest BCUT2D eigenvalue weighted by atomic mass is 10.0. The number of nitrogens with zero attached hydrogens (tertiary/aromatic N) is 6. The van der Waals surface area contributed by atoms with Crippen LogP contribution in [0.5, 0.6) is 0 Å². The van der Waals surface area contributed by atoms with Crippen molar-refractivity contribution in [2.45, 2.75) is 72.2 Å². The first-order valence-electron chi connectivity index (χ1n) is 12.9. The highest BCUT2D eigenvalue weighted by atomic mass is 35.5. The number of hydrogen-bond acceptors (Lipinski definition) is 7. The molecule has 4 heterocycles. The predicted molar refractivity (Wildman–Crippen MR) is 149 cm³/mol. The molecule has 2 aliphatic rings. The van der Waals surface area contributed by atoms with Crippen molar-refractivity contribution in [2.75, 3.05) is 24.5 Å². The average Bonchev–Trinajstić information content (AvgIpc) is 2.83. The van der Waals surface area contributed by atoms with Crippen LogP contribution < -0.4 is 4.90 Å². The lowest BCUT2D eigenvalue weighted by Gasteiger charge is -2.45. The summed E-state index contributed by atoms with van der Waals surface area (Å²) in [6, 6.07) is 3.08. The van der Waals surface area contributed by atoms with E-state index in [0.29, 0.717) is 36.9 Å². The number of halogens is 2. The van der Waals surface area contributed by atoms with E-state index in [9.17, 15) is 9.18 Å². The third-order valence-electron chi connectivity index (χ3n) is 6.62. The van der Waals surface area contributed by atoms with Gasteiger partial charge in [0.2, 0.25) is 0 Å². The van der Waals surface area contributed by atoms with Gasteiger partial charge in [0, 0.05) is 25.8 Å². The summed E-state index contributed by atoms with van der Waals surface area (Å²) < 4.78 is 20.5. The first-order chi connectivity index (χ1) is 17.8. The van der Waals surface area contributed by atoms with E-state index >= 15 is 0 Å². The number of carbonyl (C=O) groups is 1. The minimum atomic E-state index is -0.623. The third kappa shape index (κ3) is 5.34. The first-order valence-corrected chi connectivity index (χ1v) is 13.3. The number of aromatic nitrogens is 2. The molecule has 1 saturated heterocycles. The molecular weight excluding hydrogens is 507 g/mol. The summed E-state index contributed by atoms with van der Waals surface area (Å²) >= 11 is 6.23. The topological polar surface area (TPSA) is 74.2 Å². The van der Waals surface area contributed by atoms with Crippen LogP contribution in [-0.2, 0) is 4.74 Å². The molecule has 0 radical (unpaired) electrons. The average molecular weight is 543 g/mol. The number of amidine groups is 1. The number of carbonyl (C=O) groups excluding carboxylic acids is 1. The van der Waals surface area contributed by atoms with Gasteiger partial charge >= 0.3 is 6.09 Å². The van der Waals surface area contributed by atoms with Gasteiger partial charge in [-0.15, -0.1) is 6.58 Å². The molecule has 2 unspecified atom stereocenters. The molecule has 8 nitrogen and oxygen atoms in total. The quantitative estimate of drug-likeness (QED) is 0.347. The number of amides is 1. The molecule has 0 aromatic carbocycles. The van der Waals surface area contributed by atoms with E-state index < -0.39 is 11.4 Å². The van der Waals surface area contributed by atoms with Gasteiger partial charge in [-0.3, -0.25) is 4.98 Å². The SMILES string of the molecule is C=CC1CN(C(=O)OC(C)(C)C)CCN1C1=NC(C)N(c2c(C)ccnc2C(C)C)c2nc(Cl)c(F)cc21. The van der Waals surface area contributed by atoms with Gasteiger partial charge in [0.15, 0.2) is 11.0 Å². The Hall–Kier alpha value is -3.20. The van der Waals surface area contributed by atoms with Crippen molar-refractivity contribution in [3.63, 3.8) is 0 Å². The maximum Gasteiger partial charge on any atom is 0.410 e. The second-order valence-electron chi connectivity index (χ2n) is 11.0. The minimum Gasteiger partial charge on any atom is -0.444 e. The van der Waals surface area contributed by atoms with Crippen LogP contribution in [0.2, 0.25) is 5.15 Å². The van der Waals surface area contributed by atoms with Gasteiger partial charge in [-0.05, 0) is 58.2 Å². The van der Waals surface area contributed by atoms with Crippen LogP contribution in [0, 0.1) is 12.7 Å². The molecule has 0 bridgehead atoms. The van der Waals surface area contributed by atoms with Gasteiger partial charge in [-0.25, -0.2) is 19.2 Å². The summed E-state index contributed by atoms with van der Waals surface area (Å²) in [5, 5.41) is -0.204. The largest absolute Gasteiger partial charge is 0.444 e. The summed E-state index contributed by atoms with van der Waals surface area (Å²) in [4.78, 5) is 32.7. The van der Waals surface area contributed by atoms with Gasteiger partial charge in [0.25, 0.3) is 0 Å². The highest BCUT2D eigenvalue weighted by Gasteiger charge is 2.38. The van der Waals surface area contributed by atoms with Crippen LogP contribution in [0.1, 0.15) is 64.3 Å². The minimum absolute atomic E-state index is 0.146. The molecule has 204 valence electrons. The van der Waals surface area contributed by atoms with Crippen molar-refractivity contribution in [2.24, 2.45) is 4.99 Å². The molecule has 2 atom stereocenters. The number of ether oxygens (including phenoxy) is 1. The Kier molecular flexibility index (Phi) is 7.70. The molecule has 0 spiro atoms. The Morgan fingerprint density at radius 1 is 1.32 bits per heavy atom. The van der Waals surface area contributed by atoms with Gasteiger partial charge in [0.1, 0.15) is 23.4 Å². The van der Waals surface area contributed by atoms with E-state index in [2.05, 4.69) is 35.3 Å². The van der Waals surface area contributed by atoms with E-state index in [1.165, 1.54) is 6.07 Å². The molecule has 1 fully saturated rings. The normalized spacial score (nSPS) is 19.8. The van der Waals surface area contributed by atoms with E-state index in [1.54, 1.807) is 17.2 Å². The molecule has 0 aliphatic carbocycles. The van der Waals surface area contributed by atoms with Crippen LogP contribution in [0.3, 0.4) is 0 Å². The number of aryl methyl sites for hydroxylation is 1. The monoisotopic (exact) mass is 542 g/mol. The number of piperazine rings is 1. The van der Waals surface area contributed by atoms with E-state index in [1.807, 2.05) is 45.6 Å². The second-order valence-corrected chi connectivity index (χ2v) is 11.4. The van der Waals surface area contributed by atoms with Crippen LogP contribution in [-0.4, -0.2) is 69.1 Å². The van der Waals surface area contributed by atoms with Gasteiger partial charge in [-0.2, -0.15) is 0 Å². The zero-order valence-electron chi connectivity index (χ0n) is 23.1. The van der Waals surface area contributed by atoms with Crippen molar-refractivity contribution in [3.05, 3.63) is 58.8 Å². The number of pyridine rings is 2. The van der Waals surface area contributed by atoms with Crippen molar-refractivity contribution in [1.82, 2.24) is 19.8 Å². The zero-order valence-corrected chi connectivity index (χ0v) is 23.9. The Morgan fingerprint density at radius 2 is 2.03 bits per heavy atom. The van der Waals surface area contributed by atoms with Gasteiger partial charge in [-0.1, -0.05) is 31.5 Å². The fourth-order valence-electron chi connectivity index (χ4n) is 4.88. The van der Waals surface area contributed by atoms with Crippen LogP contribution in [0.25, 0.3) is 0 Å². The summed E-state index contributed by atoms with van der Waals surface area (Å²) in [6.45, 7) is 18.9. The molecule has 0 saturated carbocycles. The molecule has 10 heteroatoms. The van der Waals surface area contributed by atoms with Crippen molar-refractivity contribution in [1.29, 1.82) is 0 Å². The number of hydrogen-bond donors (Lipinski definition) is 0.